The third-order valence-corrected chi connectivity index (χ3v) is 2.92. The van der Waals surface area contributed by atoms with Crippen molar-refractivity contribution >= 4 is 5.82 Å². The summed E-state index contributed by atoms with van der Waals surface area (Å²) < 4.78 is 13.0. The van der Waals surface area contributed by atoms with Crippen molar-refractivity contribution in [3.63, 3.8) is 0 Å². The SMILES string of the molecule is Cc1cc(F)ccc1CCNc1ncccc1C#N. The molecule has 1 heterocycles. The van der Waals surface area contributed by atoms with E-state index in [2.05, 4.69) is 16.4 Å². The number of rotatable bonds is 4. The van der Waals surface area contributed by atoms with Gasteiger partial charge < -0.3 is 5.32 Å². The molecule has 0 spiro atoms. The Labute approximate surface area is 111 Å². The molecule has 19 heavy (non-hydrogen) atoms. The van der Waals surface area contributed by atoms with Crippen LogP contribution in [0.15, 0.2) is 36.5 Å². The number of aryl methyl sites for hydroxylation is 1. The van der Waals surface area contributed by atoms with Crippen LogP contribution in [0.5, 0.6) is 0 Å². The molecule has 0 radical (unpaired) electrons. The van der Waals surface area contributed by atoms with Crippen LogP contribution in [0.25, 0.3) is 0 Å². The van der Waals surface area contributed by atoms with Crippen LogP contribution in [-0.2, 0) is 6.42 Å². The first-order valence-corrected chi connectivity index (χ1v) is 6.04. The van der Waals surface area contributed by atoms with Gasteiger partial charge in [-0.1, -0.05) is 6.07 Å². The summed E-state index contributed by atoms with van der Waals surface area (Å²) in [7, 11) is 0. The minimum atomic E-state index is -0.217. The Morgan fingerprint density at radius 2 is 2.21 bits per heavy atom. The van der Waals surface area contributed by atoms with Crippen molar-refractivity contribution in [2.24, 2.45) is 0 Å². The summed E-state index contributed by atoms with van der Waals surface area (Å²) in [5.74, 6) is 0.371. The smallest absolute Gasteiger partial charge is 0.143 e. The van der Waals surface area contributed by atoms with E-state index >= 15 is 0 Å². The fraction of sp³-hybridized carbons (Fsp3) is 0.200. The van der Waals surface area contributed by atoms with E-state index in [0.717, 1.165) is 17.5 Å². The molecule has 1 aromatic carbocycles. The first-order valence-electron chi connectivity index (χ1n) is 6.04. The van der Waals surface area contributed by atoms with Crippen LogP contribution in [0.4, 0.5) is 10.2 Å². The molecule has 2 rings (SSSR count). The van der Waals surface area contributed by atoms with Crippen LogP contribution in [0.1, 0.15) is 16.7 Å². The predicted molar refractivity (Wildman–Crippen MR) is 72.3 cm³/mol. The fourth-order valence-corrected chi connectivity index (χ4v) is 1.89. The molecule has 0 amide bonds. The van der Waals surface area contributed by atoms with E-state index < -0.39 is 0 Å². The molecule has 0 saturated heterocycles. The Morgan fingerprint density at radius 3 is 2.95 bits per heavy atom. The Kier molecular flexibility index (Phi) is 4.09. The molecule has 1 N–H and O–H groups in total. The summed E-state index contributed by atoms with van der Waals surface area (Å²) in [6.07, 6.45) is 2.40. The largest absolute Gasteiger partial charge is 0.369 e. The molecule has 2 aromatic rings. The monoisotopic (exact) mass is 255 g/mol. The zero-order valence-electron chi connectivity index (χ0n) is 10.7. The molecule has 3 nitrogen and oxygen atoms in total. The normalized spacial score (nSPS) is 9.95. The standard InChI is InChI=1S/C15H14FN3/c1-11-9-14(16)5-4-12(11)6-8-19-15-13(10-17)3-2-7-18-15/h2-5,7,9H,6,8H2,1H3,(H,18,19). The summed E-state index contributed by atoms with van der Waals surface area (Å²) in [5.41, 5.74) is 2.55. The maximum absolute atomic E-state index is 13.0. The zero-order chi connectivity index (χ0) is 13.7. The van der Waals surface area contributed by atoms with Crippen molar-refractivity contribution < 1.29 is 4.39 Å². The minimum absolute atomic E-state index is 0.217. The maximum Gasteiger partial charge on any atom is 0.143 e. The molecule has 0 bridgehead atoms. The second-order valence-corrected chi connectivity index (χ2v) is 4.26. The van der Waals surface area contributed by atoms with Crippen LogP contribution in [0, 0.1) is 24.1 Å². The van der Waals surface area contributed by atoms with Gasteiger partial charge >= 0.3 is 0 Å². The highest BCUT2D eigenvalue weighted by atomic mass is 19.1. The summed E-state index contributed by atoms with van der Waals surface area (Å²) >= 11 is 0. The third-order valence-electron chi connectivity index (χ3n) is 2.92. The molecule has 0 aliphatic heterocycles. The molecule has 0 saturated carbocycles. The van der Waals surface area contributed by atoms with Crippen LogP contribution in [0.3, 0.4) is 0 Å². The van der Waals surface area contributed by atoms with Gasteiger partial charge in [0.15, 0.2) is 0 Å². The Balaban J connectivity index is 1.99. The molecule has 0 aliphatic carbocycles. The van der Waals surface area contributed by atoms with Crippen molar-refractivity contribution in [3.8, 4) is 6.07 Å². The van der Waals surface area contributed by atoms with Gasteiger partial charge in [0.05, 0.1) is 5.56 Å². The number of hydrogen-bond acceptors (Lipinski definition) is 3. The van der Waals surface area contributed by atoms with E-state index in [4.69, 9.17) is 5.26 Å². The van der Waals surface area contributed by atoms with Gasteiger partial charge in [-0.25, -0.2) is 9.37 Å². The number of hydrogen-bond donors (Lipinski definition) is 1. The third kappa shape index (κ3) is 3.29. The van der Waals surface area contributed by atoms with E-state index in [1.807, 2.05) is 6.92 Å². The number of nitrogens with zero attached hydrogens (tertiary/aromatic N) is 2. The average Bonchev–Trinajstić information content (AvgIpc) is 2.42. The van der Waals surface area contributed by atoms with Gasteiger partial charge in [-0.2, -0.15) is 5.26 Å². The van der Waals surface area contributed by atoms with Gasteiger partial charge in [-0.15, -0.1) is 0 Å². The number of aromatic nitrogens is 1. The second kappa shape index (κ2) is 5.96. The lowest BCUT2D eigenvalue weighted by Crippen LogP contribution is -2.08. The van der Waals surface area contributed by atoms with E-state index in [9.17, 15) is 4.39 Å². The first kappa shape index (κ1) is 13.0. The number of anilines is 1. The molecular formula is C15H14FN3. The van der Waals surface area contributed by atoms with Crippen molar-refractivity contribution in [1.29, 1.82) is 5.26 Å². The van der Waals surface area contributed by atoms with E-state index in [1.54, 1.807) is 24.4 Å². The molecule has 96 valence electrons. The van der Waals surface area contributed by atoms with Crippen LogP contribution in [-0.4, -0.2) is 11.5 Å². The lowest BCUT2D eigenvalue weighted by atomic mass is 10.1. The fourth-order valence-electron chi connectivity index (χ4n) is 1.89. The molecular weight excluding hydrogens is 241 g/mol. The second-order valence-electron chi connectivity index (χ2n) is 4.26. The van der Waals surface area contributed by atoms with Gasteiger partial charge in [0, 0.05) is 12.7 Å². The van der Waals surface area contributed by atoms with Crippen LogP contribution in [0.2, 0.25) is 0 Å². The highest BCUT2D eigenvalue weighted by Crippen LogP contribution is 2.13. The van der Waals surface area contributed by atoms with Gasteiger partial charge in [-0.05, 0) is 48.7 Å². The average molecular weight is 255 g/mol. The van der Waals surface area contributed by atoms with Gasteiger partial charge in [0.2, 0.25) is 0 Å². The summed E-state index contributed by atoms with van der Waals surface area (Å²) in [6, 6.07) is 10.3. The lowest BCUT2D eigenvalue weighted by Gasteiger charge is -2.08. The lowest BCUT2D eigenvalue weighted by molar-refractivity contribution is 0.625. The highest BCUT2D eigenvalue weighted by Gasteiger charge is 2.03. The Morgan fingerprint density at radius 1 is 1.37 bits per heavy atom. The van der Waals surface area contributed by atoms with E-state index in [0.29, 0.717) is 17.9 Å². The van der Waals surface area contributed by atoms with E-state index in [-0.39, 0.29) is 5.82 Å². The Hall–Kier alpha value is -2.41. The van der Waals surface area contributed by atoms with Crippen molar-refractivity contribution in [1.82, 2.24) is 4.98 Å². The van der Waals surface area contributed by atoms with E-state index in [1.165, 1.54) is 12.1 Å². The van der Waals surface area contributed by atoms with Crippen LogP contribution < -0.4 is 5.32 Å². The quantitative estimate of drug-likeness (QED) is 0.913. The van der Waals surface area contributed by atoms with Crippen LogP contribution >= 0.6 is 0 Å². The number of benzene rings is 1. The maximum atomic E-state index is 13.0. The van der Waals surface area contributed by atoms with Crippen molar-refractivity contribution in [3.05, 3.63) is 59.0 Å². The van der Waals surface area contributed by atoms with Crippen molar-refractivity contribution in [2.75, 3.05) is 11.9 Å². The molecule has 1 aromatic heterocycles. The molecule has 0 unspecified atom stereocenters. The molecule has 0 aliphatic rings. The minimum Gasteiger partial charge on any atom is -0.369 e. The topological polar surface area (TPSA) is 48.7 Å². The molecule has 0 fully saturated rings. The Bertz CT molecular complexity index is 617. The summed E-state index contributed by atoms with van der Waals surface area (Å²) in [6.45, 7) is 2.54. The van der Waals surface area contributed by atoms with Crippen molar-refractivity contribution in [2.45, 2.75) is 13.3 Å². The number of pyridine rings is 1. The number of halogens is 1. The van der Waals surface area contributed by atoms with Gasteiger partial charge in [-0.3, -0.25) is 0 Å². The summed E-state index contributed by atoms with van der Waals surface area (Å²) in [4.78, 5) is 4.12. The predicted octanol–water partition coefficient (Wildman–Crippen LogP) is 3.06. The number of nitrogens with one attached hydrogen (secondary N) is 1. The van der Waals surface area contributed by atoms with Gasteiger partial charge in [0.1, 0.15) is 17.7 Å². The van der Waals surface area contributed by atoms with Gasteiger partial charge in [0.25, 0.3) is 0 Å². The molecule has 0 atom stereocenters. The summed E-state index contributed by atoms with van der Waals surface area (Å²) in [5, 5.41) is 12.1. The first-order chi connectivity index (χ1) is 9.20. The molecule has 4 heteroatoms. The highest BCUT2D eigenvalue weighted by molar-refractivity contribution is 5.51. The number of nitriles is 1. The zero-order valence-corrected chi connectivity index (χ0v) is 10.7.